The molecule has 1 aromatic heterocycles. The molecule has 1 heterocycles. The van der Waals surface area contributed by atoms with Gasteiger partial charge in [-0.15, -0.1) is 11.3 Å². The molecule has 6 heteroatoms. The topological polar surface area (TPSA) is 47.9 Å². The lowest BCUT2D eigenvalue weighted by atomic mass is 10.0. The summed E-state index contributed by atoms with van der Waals surface area (Å²) in [6.45, 7) is 1.90. The van der Waals surface area contributed by atoms with Gasteiger partial charge in [-0.25, -0.2) is 0 Å². The van der Waals surface area contributed by atoms with Crippen LogP contribution in [0.4, 0.5) is 0 Å². The first kappa shape index (κ1) is 15.9. The molecule has 2 rings (SSSR count). The summed E-state index contributed by atoms with van der Waals surface area (Å²) >= 11 is 7.65. The van der Waals surface area contributed by atoms with Gasteiger partial charge in [0.2, 0.25) is 5.75 Å². The second-order valence-corrected chi connectivity index (χ2v) is 5.71. The number of methoxy groups -OCH3 is 3. The van der Waals surface area contributed by atoms with Crippen molar-refractivity contribution in [3.05, 3.63) is 38.5 Å². The number of thiophene rings is 1. The van der Waals surface area contributed by atoms with E-state index >= 15 is 0 Å². The molecule has 0 aliphatic rings. The Kier molecular flexibility index (Phi) is 4.98. The molecule has 0 bridgehead atoms. The Balaban J connectivity index is 2.55. The standard InChI is InChI=1S/C15H17ClO4S/c1-8-7-21-15(11(8)16)12(17)9-5-6-10(18-2)14(20-4)13(9)19-3/h5-7,12,17H,1-4H3. The van der Waals surface area contributed by atoms with Gasteiger partial charge in [0.25, 0.3) is 0 Å². The molecule has 0 amide bonds. The number of rotatable bonds is 5. The molecule has 1 N–H and O–H groups in total. The van der Waals surface area contributed by atoms with Crippen LogP contribution in [-0.2, 0) is 0 Å². The van der Waals surface area contributed by atoms with Gasteiger partial charge in [-0.3, -0.25) is 0 Å². The van der Waals surface area contributed by atoms with Gasteiger partial charge < -0.3 is 19.3 Å². The highest BCUT2D eigenvalue weighted by Crippen LogP contribution is 2.45. The van der Waals surface area contributed by atoms with Crippen molar-refractivity contribution in [2.24, 2.45) is 0 Å². The van der Waals surface area contributed by atoms with Crippen molar-refractivity contribution in [1.29, 1.82) is 0 Å². The van der Waals surface area contributed by atoms with E-state index in [2.05, 4.69) is 0 Å². The largest absolute Gasteiger partial charge is 0.493 e. The monoisotopic (exact) mass is 328 g/mol. The maximum absolute atomic E-state index is 10.6. The maximum atomic E-state index is 10.6. The fraction of sp³-hybridized carbons (Fsp3) is 0.333. The molecule has 0 aliphatic heterocycles. The highest BCUT2D eigenvalue weighted by atomic mass is 35.5. The predicted molar refractivity (Wildman–Crippen MR) is 84.2 cm³/mol. The van der Waals surface area contributed by atoms with E-state index in [0.29, 0.717) is 32.7 Å². The number of aryl methyl sites for hydroxylation is 1. The number of benzene rings is 1. The lowest BCUT2D eigenvalue weighted by molar-refractivity contribution is 0.216. The second-order valence-electron chi connectivity index (χ2n) is 4.42. The third-order valence-electron chi connectivity index (χ3n) is 3.20. The Labute approximate surface area is 132 Å². The first-order valence-electron chi connectivity index (χ1n) is 6.25. The molecule has 114 valence electrons. The predicted octanol–water partition coefficient (Wildman–Crippen LogP) is 3.82. The van der Waals surface area contributed by atoms with Crippen LogP contribution >= 0.6 is 22.9 Å². The number of hydrogen-bond acceptors (Lipinski definition) is 5. The maximum Gasteiger partial charge on any atom is 0.203 e. The van der Waals surface area contributed by atoms with Gasteiger partial charge in [0.1, 0.15) is 6.10 Å². The number of halogens is 1. The Bertz CT molecular complexity index is 639. The van der Waals surface area contributed by atoms with Crippen molar-refractivity contribution in [3.63, 3.8) is 0 Å². The highest BCUT2D eigenvalue weighted by molar-refractivity contribution is 7.10. The van der Waals surface area contributed by atoms with E-state index in [1.807, 2.05) is 12.3 Å². The van der Waals surface area contributed by atoms with Gasteiger partial charge in [0, 0.05) is 5.56 Å². The Morgan fingerprint density at radius 2 is 1.76 bits per heavy atom. The Morgan fingerprint density at radius 1 is 1.10 bits per heavy atom. The molecule has 0 saturated heterocycles. The van der Waals surface area contributed by atoms with Gasteiger partial charge in [0.05, 0.1) is 31.2 Å². The van der Waals surface area contributed by atoms with Crippen LogP contribution in [0.25, 0.3) is 0 Å². The van der Waals surface area contributed by atoms with E-state index in [1.165, 1.54) is 25.6 Å². The fourth-order valence-electron chi connectivity index (χ4n) is 2.12. The molecule has 0 saturated carbocycles. The summed E-state index contributed by atoms with van der Waals surface area (Å²) in [5, 5.41) is 13.1. The van der Waals surface area contributed by atoms with Crippen LogP contribution in [0.3, 0.4) is 0 Å². The lowest BCUT2D eigenvalue weighted by Crippen LogP contribution is -2.04. The number of ether oxygens (including phenoxy) is 3. The summed E-state index contributed by atoms with van der Waals surface area (Å²) in [6.07, 6.45) is -0.883. The normalized spacial score (nSPS) is 12.1. The summed E-state index contributed by atoms with van der Waals surface area (Å²) < 4.78 is 16.0. The first-order valence-corrected chi connectivity index (χ1v) is 7.51. The Morgan fingerprint density at radius 3 is 2.24 bits per heavy atom. The first-order chi connectivity index (χ1) is 10.0. The molecule has 2 aromatic rings. The summed E-state index contributed by atoms with van der Waals surface area (Å²) in [5.41, 5.74) is 1.52. The van der Waals surface area contributed by atoms with Gasteiger partial charge in [-0.1, -0.05) is 11.6 Å². The molecule has 0 fully saturated rings. The van der Waals surface area contributed by atoms with Crippen LogP contribution in [-0.4, -0.2) is 26.4 Å². The summed E-state index contributed by atoms with van der Waals surface area (Å²) in [5.74, 6) is 1.42. The SMILES string of the molecule is COc1ccc(C(O)c2scc(C)c2Cl)c(OC)c1OC. The van der Waals surface area contributed by atoms with E-state index in [-0.39, 0.29) is 0 Å². The van der Waals surface area contributed by atoms with E-state index in [0.717, 1.165) is 5.56 Å². The van der Waals surface area contributed by atoms with Crippen molar-refractivity contribution in [2.45, 2.75) is 13.0 Å². The smallest absolute Gasteiger partial charge is 0.203 e. The second kappa shape index (κ2) is 6.56. The molecule has 1 aromatic carbocycles. The zero-order valence-electron chi connectivity index (χ0n) is 12.3. The molecule has 0 spiro atoms. The highest BCUT2D eigenvalue weighted by Gasteiger charge is 2.25. The van der Waals surface area contributed by atoms with E-state index in [1.54, 1.807) is 19.2 Å². The minimum atomic E-state index is -0.883. The van der Waals surface area contributed by atoms with E-state index < -0.39 is 6.10 Å². The average molecular weight is 329 g/mol. The van der Waals surface area contributed by atoms with Crippen LogP contribution in [0.2, 0.25) is 5.02 Å². The zero-order valence-corrected chi connectivity index (χ0v) is 13.8. The molecular formula is C15H17ClO4S. The third-order valence-corrected chi connectivity index (χ3v) is 4.97. The molecule has 0 aliphatic carbocycles. The molecule has 1 unspecified atom stereocenters. The van der Waals surface area contributed by atoms with Crippen LogP contribution < -0.4 is 14.2 Å². The molecule has 1 atom stereocenters. The van der Waals surface area contributed by atoms with Gasteiger partial charge >= 0.3 is 0 Å². The summed E-state index contributed by atoms with van der Waals surface area (Å²) in [7, 11) is 4.60. The van der Waals surface area contributed by atoms with Crippen molar-refractivity contribution in [2.75, 3.05) is 21.3 Å². The number of aliphatic hydroxyl groups is 1. The van der Waals surface area contributed by atoms with Crippen LogP contribution in [0, 0.1) is 6.92 Å². The minimum absolute atomic E-state index is 0.437. The van der Waals surface area contributed by atoms with Crippen LogP contribution in [0.5, 0.6) is 17.2 Å². The molecule has 21 heavy (non-hydrogen) atoms. The molecular weight excluding hydrogens is 312 g/mol. The lowest BCUT2D eigenvalue weighted by Gasteiger charge is -2.18. The van der Waals surface area contributed by atoms with Gasteiger partial charge in [-0.2, -0.15) is 0 Å². The average Bonchev–Trinajstić information content (AvgIpc) is 2.84. The van der Waals surface area contributed by atoms with Crippen LogP contribution in [0.1, 0.15) is 22.1 Å². The van der Waals surface area contributed by atoms with Gasteiger partial charge in [-0.05, 0) is 30.0 Å². The van der Waals surface area contributed by atoms with E-state index in [4.69, 9.17) is 25.8 Å². The fourth-order valence-corrected chi connectivity index (χ4v) is 3.41. The summed E-state index contributed by atoms with van der Waals surface area (Å²) in [4.78, 5) is 0.680. The van der Waals surface area contributed by atoms with E-state index in [9.17, 15) is 5.11 Å². The van der Waals surface area contributed by atoms with Crippen LogP contribution in [0.15, 0.2) is 17.5 Å². The third kappa shape index (κ3) is 2.81. The quantitative estimate of drug-likeness (QED) is 0.906. The minimum Gasteiger partial charge on any atom is -0.493 e. The summed E-state index contributed by atoms with van der Waals surface area (Å²) in [6, 6.07) is 3.48. The number of aliphatic hydroxyl groups excluding tert-OH is 1. The van der Waals surface area contributed by atoms with Crippen molar-refractivity contribution < 1.29 is 19.3 Å². The van der Waals surface area contributed by atoms with Gasteiger partial charge in [0.15, 0.2) is 11.5 Å². The molecule has 4 nitrogen and oxygen atoms in total. The van der Waals surface area contributed by atoms with Crippen molar-refractivity contribution >= 4 is 22.9 Å². The van der Waals surface area contributed by atoms with Crippen molar-refractivity contribution in [3.8, 4) is 17.2 Å². The Hall–Kier alpha value is -1.43. The number of hydrogen-bond donors (Lipinski definition) is 1. The van der Waals surface area contributed by atoms with Crippen molar-refractivity contribution in [1.82, 2.24) is 0 Å². The molecule has 0 radical (unpaired) electrons. The zero-order chi connectivity index (χ0) is 15.6.